The number of anilines is 1. The van der Waals surface area contributed by atoms with Crippen molar-refractivity contribution in [2.75, 3.05) is 18.1 Å². The number of carbonyl (C=O) groups excluding carboxylic acids is 2. The Balaban J connectivity index is 1.63. The Morgan fingerprint density at radius 3 is 2.96 bits per heavy atom. The second kappa shape index (κ2) is 5.28. The molecule has 3 heterocycles. The third-order valence-corrected chi connectivity index (χ3v) is 6.02. The van der Waals surface area contributed by atoms with Gasteiger partial charge >= 0.3 is 5.91 Å². The number of hydrogen-bond donors (Lipinski definition) is 1. The summed E-state index contributed by atoms with van der Waals surface area (Å²) in [7, 11) is 0. The Labute approximate surface area is 139 Å². The molecule has 0 aliphatic carbocycles. The monoisotopic (exact) mass is 327 g/mol. The first kappa shape index (κ1) is 14.6. The van der Waals surface area contributed by atoms with E-state index in [1.54, 1.807) is 4.90 Å². The van der Waals surface area contributed by atoms with Crippen LogP contribution in [0, 0.1) is 6.92 Å². The number of aryl methyl sites for hydroxylation is 1. The number of benzene rings is 1. The Morgan fingerprint density at radius 1 is 1.30 bits per heavy atom. The summed E-state index contributed by atoms with van der Waals surface area (Å²) in [6.45, 7) is 5.69. The maximum atomic E-state index is 12.4. The molecule has 1 aromatic carbocycles. The highest BCUT2D eigenvalue weighted by molar-refractivity contribution is 7.10. The molecule has 1 aromatic heterocycles. The minimum absolute atomic E-state index is 0.349. The topological polar surface area (TPSA) is 41.8 Å². The van der Waals surface area contributed by atoms with Crippen molar-refractivity contribution < 1.29 is 14.5 Å². The van der Waals surface area contributed by atoms with Crippen LogP contribution in [0.3, 0.4) is 0 Å². The molecule has 1 amide bonds. The first-order valence-electron chi connectivity index (χ1n) is 7.94. The van der Waals surface area contributed by atoms with Crippen LogP contribution >= 0.6 is 11.3 Å². The summed E-state index contributed by atoms with van der Waals surface area (Å²) in [5.41, 5.74) is 3.71. The van der Waals surface area contributed by atoms with Gasteiger partial charge in [-0.05, 0) is 37.4 Å². The third-order valence-electron chi connectivity index (χ3n) is 5.02. The first-order chi connectivity index (χ1) is 11.1. The number of amides is 1. The summed E-state index contributed by atoms with van der Waals surface area (Å²) >= 11 is 1.82. The van der Waals surface area contributed by atoms with Gasteiger partial charge in [0.25, 0.3) is 5.78 Å². The Bertz CT molecular complexity index is 811. The zero-order chi connectivity index (χ0) is 16.1. The molecule has 0 saturated heterocycles. The fourth-order valence-electron chi connectivity index (χ4n) is 3.64. The van der Waals surface area contributed by atoms with E-state index in [1.165, 1.54) is 15.3 Å². The lowest BCUT2D eigenvalue weighted by atomic mass is 10.0. The van der Waals surface area contributed by atoms with Gasteiger partial charge in [-0.25, -0.2) is 0 Å². The Kier molecular flexibility index (Phi) is 3.36. The lowest BCUT2D eigenvalue weighted by Gasteiger charge is -2.33. The van der Waals surface area contributed by atoms with Crippen LogP contribution in [-0.4, -0.2) is 24.9 Å². The molecule has 2 aliphatic rings. The van der Waals surface area contributed by atoms with E-state index >= 15 is 0 Å². The van der Waals surface area contributed by atoms with Gasteiger partial charge in [0.05, 0.1) is 17.8 Å². The Hall–Kier alpha value is -1.98. The van der Waals surface area contributed by atoms with Crippen molar-refractivity contribution in [2.24, 2.45) is 0 Å². The molecule has 1 unspecified atom stereocenters. The summed E-state index contributed by atoms with van der Waals surface area (Å²) in [5.74, 6) is -0.759. The van der Waals surface area contributed by atoms with E-state index in [2.05, 4.69) is 18.4 Å². The lowest BCUT2D eigenvalue weighted by Crippen LogP contribution is -3.14. The molecule has 5 heteroatoms. The van der Waals surface area contributed by atoms with Gasteiger partial charge in [0.2, 0.25) is 0 Å². The van der Waals surface area contributed by atoms with E-state index in [0.29, 0.717) is 18.3 Å². The highest BCUT2D eigenvalue weighted by atomic mass is 32.1. The average molecular weight is 327 g/mol. The number of ketones is 1. The van der Waals surface area contributed by atoms with Crippen LogP contribution in [0.4, 0.5) is 5.69 Å². The van der Waals surface area contributed by atoms with Crippen molar-refractivity contribution in [3.05, 3.63) is 51.2 Å². The zero-order valence-electron chi connectivity index (χ0n) is 13.3. The van der Waals surface area contributed by atoms with Gasteiger partial charge in [-0.1, -0.05) is 11.6 Å². The number of nitrogens with one attached hydrogen (secondary N) is 1. The van der Waals surface area contributed by atoms with Crippen molar-refractivity contribution >= 4 is 28.7 Å². The second-order valence-electron chi connectivity index (χ2n) is 6.42. The number of rotatable bonds is 2. The summed E-state index contributed by atoms with van der Waals surface area (Å²) in [6.07, 6.45) is 1.05. The van der Waals surface area contributed by atoms with Gasteiger partial charge in [0.15, 0.2) is 6.67 Å². The predicted molar refractivity (Wildman–Crippen MR) is 90.1 cm³/mol. The zero-order valence-corrected chi connectivity index (χ0v) is 14.1. The van der Waals surface area contributed by atoms with Gasteiger partial charge in [-0.15, -0.1) is 11.3 Å². The highest BCUT2D eigenvalue weighted by Gasteiger charge is 2.39. The van der Waals surface area contributed by atoms with Crippen molar-refractivity contribution in [3.63, 3.8) is 0 Å². The molecule has 0 fully saturated rings. The van der Waals surface area contributed by atoms with Gasteiger partial charge in [-0.2, -0.15) is 0 Å². The summed E-state index contributed by atoms with van der Waals surface area (Å²) in [5, 5.41) is 2.15. The van der Waals surface area contributed by atoms with E-state index < -0.39 is 0 Å². The fourth-order valence-corrected chi connectivity index (χ4v) is 4.62. The van der Waals surface area contributed by atoms with Gasteiger partial charge in [0, 0.05) is 16.9 Å². The second-order valence-corrected chi connectivity index (χ2v) is 7.42. The summed E-state index contributed by atoms with van der Waals surface area (Å²) in [4.78, 5) is 29.1. The van der Waals surface area contributed by atoms with Crippen molar-refractivity contribution in [3.8, 4) is 0 Å². The molecule has 4 rings (SSSR count). The lowest BCUT2D eigenvalue weighted by molar-refractivity contribution is -0.930. The van der Waals surface area contributed by atoms with Gasteiger partial charge < -0.3 is 4.90 Å². The molecule has 2 atom stereocenters. The van der Waals surface area contributed by atoms with Crippen molar-refractivity contribution in [2.45, 2.75) is 26.3 Å². The molecule has 2 aliphatic heterocycles. The highest BCUT2D eigenvalue weighted by Crippen LogP contribution is 2.30. The number of carbonyl (C=O) groups is 2. The summed E-state index contributed by atoms with van der Waals surface area (Å²) in [6, 6.07) is 8.23. The van der Waals surface area contributed by atoms with Crippen molar-refractivity contribution in [1.82, 2.24) is 0 Å². The van der Waals surface area contributed by atoms with Crippen LogP contribution in [0.1, 0.15) is 39.3 Å². The van der Waals surface area contributed by atoms with E-state index in [0.717, 1.165) is 24.2 Å². The maximum absolute atomic E-state index is 12.4. The van der Waals surface area contributed by atoms with Crippen LogP contribution in [-0.2, 0) is 11.2 Å². The molecule has 0 spiro atoms. The van der Waals surface area contributed by atoms with E-state index in [-0.39, 0.29) is 11.7 Å². The van der Waals surface area contributed by atoms with E-state index in [9.17, 15) is 9.59 Å². The number of thiophene rings is 1. The molecule has 0 radical (unpaired) electrons. The molecule has 118 valence electrons. The molecule has 23 heavy (non-hydrogen) atoms. The third kappa shape index (κ3) is 2.23. The van der Waals surface area contributed by atoms with Gasteiger partial charge in [-0.3, -0.25) is 14.5 Å². The molecule has 0 saturated carbocycles. The molecule has 0 bridgehead atoms. The normalized spacial score (nSPS) is 23.1. The molecular weight excluding hydrogens is 308 g/mol. The number of quaternary nitrogens is 1. The SMILES string of the molecule is Cc1ccc2c(c1)C(=O)C(=O)N2C[NH+]1CCc2sccc2[C@H]1C. The predicted octanol–water partition coefficient (Wildman–Crippen LogP) is 1.75. The van der Waals surface area contributed by atoms with Gasteiger partial charge in [0.1, 0.15) is 6.04 Å². The number of Topliss-reactive ketones (excluding diaryl/α,β-unsaturated/α-hetero) is 1. The molecular formula is C18H19N2O2S+. The van der Waals surface area contributed by atoms with Crippen LogP contribution in [0.15, 0.2) is 29.6 Å². The van der Waals surface area contributed by atoms with Crippen LogP contribution in [0.2, 0.25) is 0 Å². The molecule has 1 N–H and O–H groups in total. The van der Waals surface area contributed by atoms with E-state index in [4.69, 9.17) is 0 Å². The molecule has 2 aromatic rings. The first-order valence-corrected chi connectivity index (χ1v) is 8.82. The van der Waals surface area contributed by atoms with Crippen LogP contribution in [0.25, 0.3) is 0 Å². The molecule has 4 nitrogen and oxygen atoms in total. The standard InChI is InChI=1S/C18H18N2O2S/c1-11-3-4-15-14(9-11)17(21)18(22)20(15)10-19-7-5-16-13(12(19)2)6-8-23-16/h3-4,6,8-9,12H,5,7,10H2,1-2H3/p+1/t12-/m1/s1. The quantitative estimate of drug-likeness (QED) is 0.854. The smallest absolute Gasteiger partial charge is 0.303 e. The average Bonchev–Trinajstić information content (AvgIpc) is 3.10. The fraction of sp³-hybridized carbons (Fsp3) is 0.333. The number of nitrogens with zero attached hydrogens (tertiary/aromatic N) is 1. The van der Waals surface area contributed by atoms with E-state index in [1.807, 2.05) is 36.5 Å². The minimum Gasteiger partial charge on any atom is -0.311 e. The number of fused-ring (bicyclic) bond motifs is 2. The Morgan fingerprint density at radius 2 is 2.13 bits per heavy atom. The van der Waals surface area contributed by atoms with Crippen molar-refractivity contribution in [1.29, 1.82) is 0 Å². The summed E-state index contributed by atoms with van der Waals surface area (Å²) < 4.78 is 0. The minimum atomic E-state index is -0.388. The maximum Gasteiger partial charge on any atom is 0.303 e. The van der Waals surface area contributed by atoms with Crippen LogP contribution in [0.5, 0.6) is 0 Å². The number of hydrogen-bond acceptors (Lipinski definition) is 3. The van der Waals surface area contributed by atoms with Crippen LogP contribution < -0.4 is 9.80 Å². The largest absolute Gasteiger partial charge is 0.311 e.